The van der Waals surface area contributed by atoms with Crippen molar-refractivity contribution >= 4 is 27.4 Å². The normalized spacial score (nSPS) is 20.4. The molecule has 1 aliphatic carbocycles. The summed E-state index contributed by atoms with van der Waals surface area (Å²) in [6.07, 6.45) is 9.91. The van der Waals surface area contributed by atoms with Gasteiger partial charge < -0.3 is 10.4 Å². The Kier molecular flexibility index (Phi) is 5.17. The van der Waals surface area contributed by atoms with Crippen molar-refractivity contribution in [3.05, 3.63) is 52.5 Å². The van der Waals surface area contributed by atoms with Crippen LogP contribution in [0.15, 0.2) is 41.3 Å². The van der Waals surface area contributed by atoms with Crippen LogP contribution in [-0.2, 0) is 6.54 Å². The van der Waals surface area contributed by atoms with E-state index >= 15 is 0 Å². The van der Waals surface area contributed by atoms with E-state index in [2.05, 4.69) is 37.4 Å². The lowest BCUT2D eigenvalue weighted by molar-refractivity contribution is 0.168. The van der Waals surface area contributed by atoms with Gasteiger partial charge in [-0.1, -0.05) is 18.9 Å². The first-order valence-electron chi connectivity index (χ1n) is 9.04. The van der Waals surface area contributed by atoms with E-state index in [-0.39, 0.29) is 12.5 Å². The fraction of sp³-hybridized carbons (Fsp3) is 0.421. The molecule has 26 heavy (non-hydrogen) atoms. The highest BCUT2D eigenvalue weighted by atomic mass is 79.9. The van der Waals surface area contributed by atoms with Crippen molar-refractivity contribution in [3.63, 3.8) is 0 Å². The highest BCUT2D eigenvalue weighted by Gasteiger charge is 2.28. The molecule has 6 nitrogen and oxygen atoms in total. The largest absolute Gasteiger partial charge is 0.396 e. The lowest BCUT2D eigenvalue weighted by atomic mass is 9.78. The van der Waals surface area contributed by atoms with Crippen LogP contribution < -0.4 is 5.32 Å². The van der Waals surface area contributed by atoms with Gasteiger partial charge in [-0.2, -0.15) is 9.61 Å². The Labute approximate surface area is 160 Å². The number of aromatic nitrogens is 4. The number of nitrogens with zero attached hydrogens (tertiary/aromatic N) is 4. The fourth-order valence-corrected chi connectivity index (χ4v) is 4.13. The molecular formula is C19H22BrN5O. The first kappa shape index (κ1) is 17.4. The van der Waals surface area contributed by atoms with Crippen molar-refractivity contribution in [2.24, 2.45) is 5.92 Å². The Hall–Kier alpha value is -1.99. The topological polar surface area (TPSA) is 75.3 Å². The average molecular weight is 416 g/mol. The number of halogens is 1. The highest BCUT2D eigenvalue weighted by Crippen LogP contribution is 2.38. The van der Waals surface area contributed by atoms with Crippen LogP contribution >= 0.6 is 15.9 Å². The third kappa shape index (κ3) is 3.46. The predicted molar refractivity (Wildman–Crippen MR) is 104 cm³/mol. The van der Waals surface area contributed by atoms with E-state index < -0.39 is 0 Å². The third-order valence-corrected chi connectivity index (χ3v) is 5.73. The number of nitrogens with one attached hydrogen (secondary N) is 1. The smallest absolute Gasteiger partial charge is 0.171 e. The van der Waals surface area contributed by atoms with Crippen LogP contribution in [0.2, 0.25) is 0 Å². The quantitative estimate of drug-likeness (QED) is 0.663. The van der Waals surface area contributed by atoms with Gasteiger partial charge in [0.15, 0.2) is 5.65 Å². The SMILES string of the molecule is OCC1CCCCC1c1cc(NCc2cccnc2)n2ncc(Br)c2n1. The summed E-state index contributed by atoms with van der Waals surface area (Å²) in [4.78, 5) is 9.03. The molecule has 7 heteroatoms. The molecule has 0 amide bonds. The molecule has 3 heterocycles. The van der Waals surface area contributed by atoms with Crippen molar-refractivity contribution in [1.82, 2.24) is 19.6 Å². The molecule has 4 rings (SSSR count). The average Bonchev–Trinajstić information content (AvgIpc) is 3.08. The molecule has 0 saturated heterocycles. The zero-order valence-corrected chi connectivity index (χ0v) is 16.1. The lowest BCUT2D eigenvalue weighted by Crippen LogP contribution is -2.22. The van der Waals surface area contributed by atoms with Crippen molar-refractivity contribution in [2.45, 2.75) is 38.1 Å². The minimum atomic E-state index is 0.219. The number of hydrogen-bond acceptors (Lipinski definition) is 5. The zero-order chi connectivity index (χ0) is 17.9. The summed E-state index contributed by atoms with van der Waals surface area (Å²) < 4.78 is 2.70. The van der Waals surface area contributed by atoms with E-state index in [0.717, 1.165) is 40.0 Å². The molecule has 1 aliphatic rings. The van der Waals surface area contributed by atoms with Crippen molar-refractivity contribution in [2.75, 3.05) is 11.9 Å². The molecule has 2 atom stereocenters. The van der Waals surface area contributed by atoms with Crippen LogP contribution in [0.3, 0.4) is 0 Å². The molecule has 3 aromatic rings. The van der Waals surface area contributed by atoms with Crippen molar-refractivity contribution < 1.29 is 5.11 Å². The monoisotopic (exact) mass is 415 g/mol. The summed E-state index contributed by atoms with van der Waals surface area (Å²) in [6, 6.07) is 6.06. The number of fused-ring (bicyclic) bond motifs is 1. The van der Waals surface area contributed by atoms with Crippen LogP contribution in [0, 0.1) is 5.92 Å². The molecule has 0 aromatic carbocycles. The summed E-state index contributed by atoms with van der Waals surface area (Å²) >= 11 is 3.55. The molecule has 1 saturated carbocycles. The first-order valence-corrected chi connectivity index (χ1v) is 9.83. The van der Waals surface area contributed by atoms with Crippen LogP contribution in [0.1, 0.15) is 42.9 Å². The van der Waals surface area contributed by atoms with Gasteiger partial charge in [-0.15, -0.1) is 0 Å². The van der Waals surface area contributed by atoms with E-state index in [4.69, 9.17) is 4.98 Å². The van der Waals surface area contributed by atoms with Crippen LogP contribution in [0.25, 0.3) is 5.65 Å². The minimum absolute atomic E-state index is 0.219. The molecule has 1 fully saturated rings. The summed E-state index contributed by atoms with van der Waals surface area (Å²) in [6.45, 7) is 0.883. The highest BCUT2D eigenvalue weighted by molar-refractivity contribution is 9.10. The van der Waals surface area contributed by atoms with E-state index in [1.165, 1.54) is 12.8 Å². The van der Waals surface area contributed by atoms with Gasteiger partial charge in [-0.3, -0.25) is 4.98 Å². The van der Waals surface area contributed by atoms with Crippen molar-refractivity contribution in [1.29, 1.82) is 0 Å². The Morgan fingerprint density at radius 2 is 2.15 bits per heavy atom. The van der Waals surface area contributed by atoms with Crippen molar-refractivity contribution in [3.8, 4) is 0 Å². The number of hydrogen-bond donors (Lipinski definition) is 2. The molecule has 0 aliphatic heterocycles. The Morgan fingerprint density at radius 1 is 1.27 bits per heavy atom. The summed E-state index contributed by atoms with van der Waals surface area (Å²) in [5.74, 6) is 1.48. The van der Waals surface area contributed by atoms with Gasteiger partial charge >= 0.3 is 0 Å². The van der Waals surface area contributed by atoms with Gasteiger partial charge in [0.2, 0.25) is 0 Å². The standard InChI is InChI=1S/C19H22BrN5O/c20-16-11-23-25-18(22-10-13-4-3-7-21-9-13)8-17(24-19(16)25)15-6-2-1-5-14(15)12-26/h3-4,7-9,11,14-15,22,26H,1-2,5-6,10,12H2. The number of aliphatic hydroxyl groups excluding tert-OH is 1. The third-order valence-electron chi connectivity index (χ3n) is 5.17. The molecule has 2 unspecified atom stereocenters. The maximum atomic E-state index is 9.79. The van der Waals surface area contributed by atoms with Crippen LogP contribution in [0.5, 0.6) is 0 Å². The Morgan fingerprint density at radius 3 is 2.96 bits per heavy atom. The molecule has 2 N–H and O–H groups in total. The van der Waals surface area contributed by atoms with E-state index in [1.807, 2.05) is 22.8 Å². The van der Waals surface area contributed by atoms with Gasteiger partial charge in [-0.05, 0) is 46.3 Å². The molecule has 0 spiro atoms. The fourth-order valence-electron chi connectivity index (χ4n) is 3.78. The number of anilines is 1. The molecule has 136 valence electrons. The van der Waals surface area contributed by atoms with E-state index in [1.54, 1.807) is 12.4 Å². The number of rotatable bonds is 5. The summed E-state index contributed by atoms with van der Waals surface area (Å²) in [5.41, 5.74) is 2.95. The van der Waals surface area contributed by atoms with Gasteiger partial charge in [-0.25, -0.2) is 4.98 Å². The maximum Gasteiger partial charge on any atom is 0.171 e. The Balaban J connectivity index is 1.69. The molecule has 3 aromatic heterocycles. The second kappa shape index (κ2) is 7.72. The Bertz CT molecular complexity index is 882. The second-order valence-electron chi connectivity index (χ2n) is 6.84. The summed E-state index contributed by atoms with van der Waals surface area (Å²) in [5, 5.41) is 17.7. The van der Waals surface area contributed by atoms with Gasteiger partial charge in [0.1, 0.15) is 5.82 Å². The molecule has 0 bridgehead atoms. The van der Waals surface area contributed by atoms with Gasteiger partial charge in [0.05, 0.1) is 16.4 Å². The number of aliphatic hydroxyl groups is 1. The lowest BCUT2D eigenvalue weighted by Gasteiger charge is -2.30. The van der Waals surface area contributed by atoms with E-state index in [9.17, 15) is 5.11 Å². The first-order chi connectivity index (χ1) is 12.8. The van der Waals surface area contributed by atoms with Crippen LogP contribution in [-0.4, -0.2) is 31.3 Å². The van der Waals surface area contributed by atoms with E-state index in [0.29, 0.717) is 12.5 Å². The minimum Gasteiger partial charge on any atom is -0.396 e. The molecule has 0 radical (unpaired) electrons. The van der Waals surface area contributed by atoms with Gasteiger partial charge in [0.25, 0.3) is 0 Å². The second-order valence-corrected chi connectivity index (χ2v) is 7.70. The van der Waals surface area contributed by atoms with Crippen LogP contribution in [0.4, 0.5) is 5.82 Å². The number of pyridine rings is 1. The van der Waals surface area contributed by atoms with Gasteiger partial charge in [0, 0.05) is 37.5 Å². The maximum absolute atomic E-state index is 9.79. The molecular weight excluding hydrogens is 394 g/mol. The zero-order valence-electron chi connectivity index (χ0n) is 14.5. The predicted octanol–water partition coefficient (Wildman–Crippen LogP) is 3.77. The summed E-state index contributed by atoms with van der Waals surface area (Å²) in [7, 11) is 0.